The number of hydrogen-bond acceptors (Lipinski definition) is 6. The van der Waals surface area contributed by atoms with Crippen molar-refractivity contribution in [2.45, 2.75) is 13.1 Å². The maximum absolute atomic E-state index is 12.8. The topological polar surface area (TPSA) is 100 Å². The molecule has 4 rings (SSSR count). The summed E-state index contributed by atoms with van der Waals surface area (Å²) in [6.45, 7) is 1.04. The molecule has 0 bridgehead atoms. The molecule has 2 aromatic heterocycles. The van der Waals surface area contributed by atoms with Crippen LogP contribution in [0.25, 0.3) is 11.0 Å². The first-order valence-corrected chi connectivity index (χ1v) is 10.5. The van der Waals surface area contributed by atoms with Crippen LogP contribution >= 0.6 is 11.6 Å². The molecule has 1 N–H and O–H groups in total. The summed E-state index contributed by atoms with van der Waals surface area (Å²) in [6.07, 6.45) is 3.00. The number of carbonyl (C=O) groups excluding carboxylic acids is 1. The molecule has 4 aromatic rings. The zero-order valence-corrected chi connectivity index (χ0v) is 18.9. The molecule has 0 atom stereocenters. The molecule has 0 saturated carbocycles. The van der Waals surface area contributed by atoms with Crippen LogP contribution in [-0.2, 0) is 13.1 Å². The summed E-state index contributed by atoms with van der Waals surface area (Å²) in [4.78, 5) is 29.7. The van der Waals surface area contributed by atoms with Crippen LogP contribution in [0, 0.1) is 0 Å². The molecule has 0 aliphatic carbocycles. The number of fused-ring (bicyclic) bond motifs is 1. The molecule has 0 aliphatic heterocycles. The highest BCUT2D eigenvalue weighted by Crippen LogP contribution is 2.27. The second-order valence-electron chi connectivity index (χ2n) is 7.23. The lowest BCUT2D eigenvalue weighted by Crippen LogP contribution is -2.27. The lowest BCUT2D eigenvalue weighted by atomic mass is 10.2. The summed E-state index contributed by atoms with van der Waals surface area (Å²) in [6, 6.07) is 12.2. The van der Waals surface area contributed by atoms with E-state index in [0.717, 1.165) is 5.56 Å². The molecule has 170 valence electrons. The molecule has 0 unspecified atom stereocenters. The third-order valence-electron chi connectivity index (χ3n) is 5.14. The van der Waals surface area contributed by atoms with Crippen molar-refractivity contribution in [3.63, 3.8) is 0 Å². The smallest absolute Gasteiger partial charge is 0.264 e. The van der Waals surface area contributed by atoms with E-state index in [1.807, 2.05) is 12.1 Å². The summed E-state index contributed by atoms with van der Waals surface area (Å²) >= 11 is 5.92. The van der Waals surface area contributed by atoms with Gasteiger partial charge in [-0.15, -0.1) is 0 Å². The Morgan fingerprint density at radius 1 is 1.09 bits per heavy atom. The Morgan fingerprint density at radius 3 is 2.58 bits per heavy atom. The van der Waals surface area contributed by atoms with Gasteiger partial charge in [0.15, 0.2) is 17.1 Å². The molecular formula is C23H22ClN5O4. The van der Waals surface area contributed by atoms with Crippen molar-refractivity contribution in [3.8, 4) is 11.5 Å². The van der Waals surface area contributed by atoms with Crippen LogP contribution in [0.15, 0.2) is 59.8 Å². The van der Waals surface area contributed by atoms with Crippen LogP contribution in [0.3, 0.4) is 0 Å². The zero-order chi connectivity index (χ0) is 23.4. The largest absolute Gasteiger partial charge is 0.493 e. The van der Waals surface area contributed by atoms with Crippen LogP contribution in [0.5, 0.6) is 11.5 Å². The van der Waals surface area contributed by atoms with E-state index in [1.54, 1.807) is 35.0 Å². The fourth-order valence-corrected chi connectivity index (χ4v) is 3.54. The van der Waals surface area contributed by atoms with E-state index in [0.29, 0.717) is 52.8 Å². The van der Waals surface area contributed by atoms with Crippen LogP contribution in [0.4, 0.5) is 0 Å². The number of amides is 1. The average Bonchev–Trinajstić information content (AvgIpc) is 3.25. The molecule has 0 saturated heterocycles. The van der Waals surface area contributed by atoms with Gasteiger partial charge < -0.3 is 14.8 Å². The minimum Gasteiger partial charge on any atom is -0.493 e. The number of aromatic nitrogens is 4. The van der Waals surface area contributed by atoms with Gasteiger partial charge >= 0.3 is 0 Å². The summed E-state index contributed by atoms with van der Waals surface area (Å²) in [5.74, 6) is 0.762. The number of methoxy groups -OCH3 is 2. The van der Waals surface area contributed by atoms with Gasteiger partial charge in [-0.1, -0.05) is 23.7 Å². The molecule has 0 radical (unpaired) electrons. The number of ether oxygens (including phenoxy) is 2. The first-order chi connectivity index (χ1) is 16.0. The van der Waals surface area contributed by atoms with E-state index in [2.05, 4.69) is 15.4 Å². The molecule has 0 aliphatic rings. The van der Waals surface area contributed by atoms with Gasteiger partial charge in [-0.05, 0) is 35.9 Å². The Balaban J connectivity index is 1.43. The quantitative estimate of drug-likeness (QED) is 0.427. The number of halogens is 1. The standard InChI is InChI=1S/C23H22ClN5O4/c1-32-19-8-5-16(11-20(19)33-2)22(30)25-9-10-29-21-18(12-27-29)23(31)28(14-26-21)13-15-3-6-17(24)7-4-15/h3-8,11-12,14H,9-10,13H2,1-2H3,(H,25,30). The first kappa shape index (κ1) is 22.3. The van der Waals surface area contributed by atoms with Crippen LogP contribution in [0.1, 0.15) is 15.9 Å². The van der Waals surface area contributed by atoms with Gasteiger partial charge in [0.1, 0.15) is 11.7 Å². The van der Waals surface area contributed by atoms with E-state index in [-0.39, 0.29) is 11.5 Å². The Bertz CT molecular complexity index is 1350. The number of benzene rings is 2. The van der Waals surface area contributed by atoms with Gasteiger partial charge in [-0.25, -0.2) is 9.67 Å². The lowest BCUT2D eigenvalue weighted by molar-refractivity contribution is 0.0951. The molecule has 2 aromatic carbocycles. The molecule has 33 heavy (non-hydrogen) atoms. The summed E-state index contributed by atoms with van der Waals surface area (Å²) in [5.41, 5.74) is 1.66. The van der Waals surface area contributed by atoms with Crippen LogP contribution in [0.2, 0.25) is 5.02 Å². The normalized spacial score (nSPS) is 10.9. The Labute approximate surface area is 194 Å². The molecular weight excluding hydrogens is 446 g/mol. The van der Waals surface area contributed by atoms with Crippen LogP contribution < -0.4 is 20.3 Å². The predicted molar refractivity (Wildman–Crippen MR) is 124 cm³/mol. The Morgan fingerprint density at radius 2 is 1.85 bits per heavy atom. The van der Waals surface area contributed by atoms with Crippen molar-refractivity contribution in [3.05, 3.63) is 81.5 Å². The monoisotopic (exact) mass is 467 g/mol. The number of nitrogens with one attached hydrogen (secondary N) is 1. The van der Waals surface area contributed by atoms with E-state index < -0.39 is 0 Å². The average molecular weight is 468 g/mol. The van der Waals surface area contributed by atoms with Crippen molar-refractivity contribution in [1.82, 2.24) is 24.6 Å². The van der Waals surface area contributed by atoms with Crippen molar-refractivity contribution < 1.29 is 14.3 Å². The number of nitrogens with zero attached hydrogens (tertiary/aromatic N) is 4. The highest BCUT2D eigenvalue weighted by atomic mass is 35.5. The third kappa shape index (κ3) is 4.83. The SMILES string of the molecule is COc1ccc(C(=O)NCCn2ncc3c(=O)n(Cc4ccc(Cl)cc4)cnc32)cc1OC. The highest BCUT2D eigenvalue weighted by Gasteiger charge is 2.13. The predicted octanol–water partition coefficient (Wildman–Crippen LogP) is 2.74. The second kappa shape index (κ2) is 9.74. The fourth-order valence-electron chi connectivity index (χ4n) is 3.42. The number of rotatable bonds is 8. The van der Waals surface area contributed by atoms with E-state index >= 15 is 0 Å². The van der Waals surface area contributed by atoms with Crippen LogP contribution in [-0.4, -0.2) is 46.0 Å². The Kier molecular flexibility index (Phi) is 6.60. The summed E-state index contributed by atoms with van der Waals surface area (Å²) in [7, 11) is 3.05. The van der Waals surface area contributed by atoms with E-state index in [1.165, 1.54) is 31.3 Å². The lowest BCUT2D eigenvalue weighted by Gasteiger charge is -2.10. The second-order valence-corrected chi connectivity index (χ2v) is 7.67. The molecule has 9 nitrogen and oxygen atoms in total. The van der Waals surface area contributed by atoms with Crippen molar-refractivity contribution in [2.75, 3.05) is 20.8 Å². The Hall–Kier alpha value is -3.85. The summed E-state index contributed by atoms with van der Waals surface area (Å²) < 4.78 is 13.5. The van der Waals surface area contributed by atoms with E-state index in [4.69, 9.17) is 21.1 Å². The zero-order valence-electron chi connectivity index (χ0n) is 18.1. The highest BCUT2D eigenvalue weighted by molar-refractivity contribution is 6.30. The summed E-state index contributed by atoms with van der Waals surface area (Å²) in [5, 5.41) is 8.16. The molecule has 2 heterocycles. The van der Waals surface area contributed by atoms with Crippen molar-refractivity contribution in [1.29, 1.82) is 0 Å². The minimum atomic E-state index is -0.259. The van der Waals surface area contributed by atoms with Gasteiger partial charge in [0.05, 0.1) is 33.5 Å². The van der Waals surface area contributed by atoms with Gasteiger partial charge in [-0.3, -0.25) is 14.2 Å². The molecule has 1 amide bonds. The van der Waals surface area contributed by atoms with Gasteiger partial charge in [0.2, 0.25) is 0 Å². The maximum Gasteiger partial charge on any atom is 0.264 e. The fraction of sp³-hybridized carbons (Fsp3) is 0.217. The maximum atomic E-state index is 12.8. The van der Waals surface area contributed by atoms with Gasteiger partial charge in [-0.2, -0.15) is 5.10 Å². The molecule has 10 heteroatoms. The molecule has 0 fully saturated rings. The third-order valence-corrected chi connectivity index (χ3v) is 5.40. The van der Waals surface area contributed by atoms with E-state index in [9.17, 15) is 9.59 Å². The van der Waals surface area contributed by atoms with Crippen molar-refractivity contribution >= 4 is 28.5 Å². The molecule has 0 spiro atoms. The number of hydrogen-bond donors (Lipinski definition) is 1. The minimum absolute atomic E-state index is 0.185. The van der Waals surface area contributed by atoms with Crippen molar-refractivity contribution in [2.24, 2.45) is 0 Å². The number of carbonyl (C=O) groups is 1. The van der Waals surface area contributed by atoms with Gasteiger partial charge in [0.25, 0.3) is 11.5 Å². The first-order valence-electron chi connectivity index (χ1n) is 10.2. The van der Waals surface area contributed by atoms with Gasteiger partial charge in [0, 0.05) is 17.1 Å².